The lowest BCUT2D eigenvalue weighted by Gasteiger charge is -2.32. The van der Waals surface area contributed by atoms with Crippen molar-refractivity contribution >= 4 is 5.97 Å². The number of carbonyl (C=O) groups is 1. The molecule has 0 aromatic carbocycles. The largest absolute Gasteiger partial charge is 0.454 e. The number of esters is 1. The minimum atomic E-state index is -1.11. The van der Waals surface area contributed by atoms with Gasteiger partial charge in [-0.1, -0.05) is 12.2 Å². The lowest BCUT2D eigenvalue weighted by molar-refractivity contribution is -0.137. The molecule has 0 unspecified atom stereocenters. The quantitative estimate of drug-likeness (QED) is 0.392. The van der Waals surface area contributed by atoms with E-state index in [0.29, 0.717) is 18.4 Å². The molecule has 1 saturated carbocycles. The molecule has 0 radical (unpaired) electrons. The van der Waals surface area contributed by atoms with Gasteiger partial charge >= 0.3 is 5.97 Å². The Morgan fingerprint density at radius 1 is 1.42 bits per heavy atom. The predicted octanol–water partition coefficient (Wildman–Crippen LogP) is 1.18. The Labute approximate surface area is 112 Å². The monoisotopic (exact) mass is 264 g/mol. The normalized spacial score (nSPS) is 49.3. The minimum absolute atomic E-state index is 0.0556. The summed E-state index contributed by atoms with van der Waals surface area (Å²) in [5, 5.41) is 20.6. The molecule has 4 nitrogen and oxygen atoms in total. The lowest BCUT2D eigenvalue weighted by Crippen LogP contribution is -2.41. The first kappa shape index (κ1) is 12.9. The van der Waals surface area contributed by atoms with Crippen molar-refractivity contribution in [1.29, 1.82) is 0 Å². The van der Waals surface area contributed by atoms with Gasteiger partial charge < -0.3 is 14.9 Å². The van der Waals surface area contributed by atoms with Gasteiger partial charge in [-0.3, -0.25) is 0 Å². The molecule has 0 aromatic heterocycles. The summed E-state index contributed by atoms with van der Waals surface area (Å²) >= 11 is 0. The molecule has 1 saturated heterocycles. The second-order valence-electron chi connectivity index (χ2n) is 6.34. The summed E-state index contributed by atoms with van der Waals surface area (Å²) < 4.78 is 5.33. The van der Waals surface area contributed by atoms with E-state index in [-0.39, 0.29) is 29.8 Å². The third kappa shape index (κ3) is 1.70. The van der Waals surface area contributed by atoms with Crippen molar-refractivity contribution in [3.05, 3.63) is 23.8 Å². The zero-order valence-corrected chi connectivity index (χ0v) is 11.3. The average Bonchev–Trinajstić information content (AvgIpc) is 2.64. The molecule has 2 aliphatic carbocycles. The summed E-state index contributed by atoms with van der Waals surface area (Å²) in [6, 6.07) is 0. The maximum absolute atomic E-state index is 11.6. The van der Waals surface area contributed by atoms with Gasteiger partial charge in [0, 0.05) is 11.5 Å². The fraction of sp³-hybridized carbons (Fsp3) is 0.667. The SMILES string of the molecule is C=C1C(=O)O[C@@H]2C=C(C)[C@@H]3C[C@@H](O)[C@](C)(O)[C@@H]3C[C@H]12. The first-order valence-corrected chi connectivity index (χ1v) is 6.81. The molecular formula is C15H20O4. The van der Waals surface area contributed by atoms with Gasteiger partial charge in [0.25, 0.3) is 0 Å². The number of carbonyl (C=O) groups excluding carboxylic acids is 1. The van der Waals surface area contributed by atoms with Crippen molar-refractivity contribution in [1.82, 2.24) is 0 Å². The van der Waals surface area contributed by atoms with Crippen molar-refractivity contribution in [2.75, 3.05) is 0 Å². The van der Waals surface area contributed by atoms with Crippen LogP contribution in [0.4, 0.5) is 0 Å². The third-order valence-corrected chi connectivity index (χ3v) is 5.26. The molecule has 2 N–H and O–H groups in total. The molecule has 2 fully saturated rings. The molecule has 4 heteroatoms. The molecule has 1 heterocycles. The Bertz CT molecular complexity index is 477. The lowest BCUT2D eigenvalue weighted by atomic mass is 9.78. The summed E-state index contributed by atoms with van der Waals surface area (Å²) in [6.07, 6.45) is 2.21. The van der Waals surface area contributed by atoms with Crippen LogP contribution in [0.1, 0.15) is 26.7 Å². The minimum Gasteiger partial charge on any atom is -0.454 e. The molecule has 19 heavy (non-hydrogen) atoms. The number of hydrogen-bond acceptors (Lipinski definition) is 4. The first-order valence-electron chi connectivity index (χ1n) is 6.81. The molecule has 3 aliphatic rings. The maximum atomic E-state index is 11.6. The molecule has 0 spiro atoms. The topological polar surface area (TPSA) is 66.8 Å². The molecule has 104 valence electrons. The van der Waals surface area contributed by atoms with E-state index in [1.165, 1.54) is 0 Å². The second kappa shape index (κ2) is 3.93. The summed E-state index contributed by atoms with van der Waals surface area (Å²) in [6.45, 7) is 7.50. The smallest absolute Gasteiger partial charge is 0.334 e. The highest BCUT2D eigenvalue weighted by atomic mass is 16.5. The third-order valence-electron chi connectivity index (χ3n) is 5.26. The summed E-state index contributed by atoms with van der Waals surface area (Å²) in [5.41, 5.74) is 0.476. The van der Waals surface area contributed by atoms with E-state index in [4.69, 9.17) is 4.74 Å². The van der Waals surface area contributed by atoms with Crippen LogP contribution in [0.15, 0.2) is 23.8 Å². The number of rotatable bonds is 0. The van der Waals surface area contributed by atoms with E-state index in [0.717, 1.165) is 5.57 Å². The van der Waals surface area contributed by atoms with Crippen LogP contribution >= 0.6 is 0 Å². The van der Waals surface area contributed by atoms with E-state index < -0.39 is 11.7 Å². The Morgan fingerprint density at radius 3 is 2.79 bits per heavy atom. The highest BCUT2D eigenvalue weighted by Crippen LogP contribution is 2.51. The van der Waals surface area contributed by atoms with Crippen molar-refractivity contribution in [2.45, 2.75) is 44.5 Å². The first-order chi connectivity index (χ1) is 8.82. The zero-order valence-electron chi connectivity index (χ0n) is 11.3. The van der Waals surface area contributed by atoms with Crippen molar-refractivity contribution in [3.8, 4) is 0 Å². The number of aliphatic hydroxyl groups excluding tert-OH is 1. The van der Waals surface area contributed by atoms with Crippen molar-refractivity contribution in [2.24, 2.45) is 17.8 Å². The average molecular weight is 264 g/mol. The highest BCUT2D eigenvalue weighted by Gasteiger charge is 2.54. The van der Waals surface area contributed by atoms with Gasteiger partial charge in [0.2, 0.25) is 0 Å². The molecule has 3 rings (SSSR count). The van der Waals surface area contributed by atoms with Gasteiger partial charge in [0.1, 0.15) is 6.10 Å². The summed E-state index contributed by atoms with van der Waals surface area (Å²) in [4.78, 5) is 11.6. The number of aliphatic hydroxyl groups is 2. The fourth-order valence-electron chi connectivity index (χ4n) is 3.92. The Morgan fingerprint density at radius 2 is 2.11 bits per heavy atom. The van der Waals surface area contributed by atoms with Gasteiger partial charge in [0.05, 0.1) is 11.7 Å². The van der Waals surface area contributed by atoms with Gasteiger partial charge in [-0.25, -0.2) is 4.79 Å². The number of hydrogen-bond donors (Lipinski definition) is 2. The van der Waals surface area contributed by atoms with E-state index in [1.807, 2.05) is 13.0 Å². The van der Waals surface area contributed by atoms with Crippen LogP contribution in [-0.2, 0) is 9.53 Å². The van der Waals surface area contributed by atoms with E-state index in [9.17, 15) is 15.0 Å². The van der Waals surface area contributed by atoms with E-state index in [1.54, 1.807) is 6.92 Å². The predicted molar refractivity (Wildman–Crippen MR) is 69.1 cm³/mol. The van der Waals surface area contributed by atoms with Crippen LogP contribution in [0.25, 0.3) is 0 Å². The molecule has 1 aliphatic heterocycles. The van der Waals surface area contributed by atoms with Gasteiger partial charge in [-0.15, -0.1) is 0 Å². The van der Waals surface area contributed by atoms with Crippen LogP contribution in [0.5, 0.6) is 0 Å². The second-order valence-corrected chi connectivity index (χ2v) is 6.34. The van der Waals surface area contributed by atoms with Crippen LogP contribution in [-0.4, -0.2) is 34.0 Å². The van der Waals surface area contributed by atoms with E-state index >= 15 is 0 Å². The molecule has 0 amide bonds. The Kier molecular flexibility index (Phi) is 2.67. The zero-order chi connectivity index (χ0) is 13.9. The van der Waals surface area contributed by atoms with Crippen molar-refractivity contribution < 1.29 is 19.7 Å². The maximum Gasteiger partial charge on any atom is 0.334 e. The standard InChI is InChI=1S/C15H20O4/c1-7-4-12-10(8(2)14(17)19-12)5-11-9(7)6-13(16)15(11,3)18/h4,9-13,16,18H,2,5-6H2,1,3H3/t9-,10+,11+,12+,13+,15+/m0/s1. The highest BCUT2D eigenvalue weighted by molar-refractivity contribution is 5.91. The van der Waals surface area contributed by atoms with Crippen LogP contribution in [0.2, 0.25) is 0 Å². The van der Waals surface area contributed by atoms with Crippen LogP contribution in [0.3, 0.4) is 0 Å². The fourth-order valence-corrected chi connectivity index (χ4v) is 3.92. The molecule has 0 bridgehead atoms. The number of fused-ring (bicyclic) bond motifs is 2. The van der Waals surface area contributed by atoms with Gasteiger partial charge in [0.15, 0.2) is 0 Å². The molecular weight excluding hydrogens is 244 g/mol. The van der Waals surface area contributed by atoms with Crippen LogP contribution < -0.4 is 0 Å². The summed E-state index contributed by atoms with van der Waals surface area (Å²) in [7, 11) is 0. The number of allylic oxidation sites excluding steroid dienone is 1. The van der Waals surface area contributed by atoms with Gasteiger partial charge in [-0.05, 0) is 44.6 Å². The Balaban J connectivity index is 2.00. The van der Waals surface area contributed by atoms with Gasteiger partial charge in [-0.2, -0.15) is 0 Å². The Hall–Kier alpha value is -1.13. The molecule has 6 atom stereocenters. The van der Waals surface area contributed by atoms with Crippen molar-refractivity contribution in [3.63, 3.8) is 0 Å². The van der Waals surface area contributed by atoms with Crippen LogP contribution in [0, 0.1) is 17.8 Å². The molecule has 0 aromatic rings. The van der Waals surface area contributed by atoms with E-state index in [2.05, 4.69) is 6.58 Å². The number of ether oxygens (including phenoxy) is 1. The summed E-state index contributed by atoms with van der Waals surface area (Å²) in [5.74, 6) is -0.313.